The molecular formula is C13H10BNO2S. The fraction of sp³-hybridized carbons (Fsp3) is 0. The van der Waals surface area contributed by atoms with Crippen molar-refractivity contribution in [3.63, 3.8) is 0 Å². The third-order valence-electron chi connectivity index (χ3n) is 2.73. The molecule has 3 rings (SSSR count). The molecule has 5 heteroatoms. The highest BCUT2D eigenvalue weighted by molar-refractivity contribution is 7.21. The van der Waals surface area contributed by atoms with Crippen molar-refractivity contribution in [2.24, 2.45) is 0 Å². The van der Waals surface area contributed by atoms with Crippen molar-refractivity contribution in [1.82, 2.24) is 4.98 Å². The summed E-state index contributed by atoms with van der Waals surface area (Å²) in [5.41, 5.74) is 2.44. The molecule has 0 saturated heterocycles. The molecule has 2 N–H and O–H groups in total. The van der Waals surface area contributed by atoms with Gasteiger partial charge in [-0.25, -0.2) is 4.98 Å². The molecule has 0 radical (unpaired) electrons. The number of rotatable bonds is 2. The molecule has 1 heterocycles. The highest BCUT2D eigenvalue weighted by Gasteiger charge is 2.13. The van der Waals surface area contributed by atoms with Gasteiger partial charge in [0, 0.05) is 5.56 Å². The SMILES string of the molecule is OB(O)c1ccc2nc(-c3ccccc3)sc2c1. The summed E-state index contributed by atoms with van der Waals surface area (Å²) in [5.74, 6) is 0. The smallest absolute Gasteiger partial charge is 0.423 e. The maximum absolute atomic E-state index is 9.15. The molecule has 0 unspecified atom stereocenters. The van der Waals surface area contributed by atoms with Gasteiger partial charge in [0.05, 0.1) is 10.2 Å². The largest absolute Gasteiger partial charge is 0.488 e. The Morgan fingerprint density at radius 2 is 1.78 bits per heavy atom. The number of aromatic nitrogens is 1. The highest BCUT2D eigenvalue weighted by atomic mass is 32.1. The summed E-state index contributed by atoms with van der Waals surface area (Å²) in [6, 6.07) is 15.2. The van der Waals surface area contributed by atoms with E-state index < -0.39 is 7.12 Å². The maximum atomic E-state index is 9.15. The van der Waals surface area contributed by atoms with E-state index in [1.165, 1.54) is 0 Å². The molecule has 0 fully saturated rings. The van der Waals surface area contributed by atoms with Crippen LogP contribution in [0.5, 0.6) is 0 Å². The van der Waals surface area contributed by atoms with E-state index in [0.29, 0.717) is 5.46 Å². The van der Waals surface area contributed by atoms with Gasteiger partial charge in [-0.15, -0.1) is 11.3 Å². The molecule has 0 aliphatic heterocycles. The van der Waals surface area contributed by atoms with Crippen LogP contribution in [0, 0.1) is 0 Å². The molecular weight excluding hydrogens is 245 g/mol. The molecule has 88 valence electrons. The lowest BCUT2D eigenvalue weighted by Gasteiger charge is -1.96. The van der Waals surface area contributed by atoms with Crippen LogP contribution in [-0.4, -0.2) is 22.2 Å². The quantitative estimate of drug-likeness (QED) is 0.684. The predicted molar refractivity (Wildman–Crippen MR) is 74.9 cm³/mol. The van der Waals surface area contributed by atoms with Crippen molar-refractivity contribution in [3.05, 3.63) is 48.5 Å². The van der Waals surface area contributed by atoms with Gasteiger partial charge in [0.2, 0.25) is 0 Å². The summed E-state index contributed by atoms with van der Waals surface area (Å²) in [7, 11) is -1.43. The molecule has 2 aromatic carbocycles. The van der Waals surface area contributed by atoms with E-state index in [0.717, 1.165) is 20.8 Å². The average molecular weight is 255 g/mol. The zero-order chi connectivity index (χ0) is 12.5. The lowest BCUT2D eigenvalue weighted by atomic mass is 9.80. The van der Waals surface area contributed by atoms with E-state index >= 15 is 0 Å². The summed E-state index contributed by atoms with van der Waals surface area (Å²) in [4.78, 5) is 4.54. The third-order valence-corrected chi connectivity index (χ3v) is 3.80. The van der Waals surface area contributed by atoms with E-state index in [9.17, 15) is 0 Å². The monoisotopic (exact) mass is 255 g/mol. The Bertz CT molecular complexity index is 682. The number of thiazole rings is 1. The standard InChI is InChI=1S/C13H10BNO2S/c16-14(17)10-6-7-11-12(8-10)18-13(15-11)9-4-2-1-3-5-9/h1-8,16-17H. The van der Waals surface area contributed by atoms with Gasteiger partial charge in [-0.3, -0.25) is 0 Å². The molecule has 0 spiro atoms. The number of nitrogens with zero attached hydrogens (tertiary/aromatic N) is 1. The molecule has 18 heavy (non-hydrogen) atoms. The van der Waals surface area contributed by atoms with Gasteiger partial charge in [-0.2, -0.15) is 0 Å². The van der Waals surface area contributed by atoms with Gasteiger partial charge in [0.25, 0.3) is 0 Å². The third kappa shape index (κ3) is 2.03. The Balaban J connectivity index is 2.11. The summed E-state index contributed by atoms with van der Waals surface area (Å²) in [5, 5.41) is 19.2. The van der Waals surface area contributed by atoms with E-state index in [-0.39, 0.29) is 0 Å². The van der Waals surface area contributed by atoms with Crippen LogP contribution < -0.4 is 5.46 Å². The topological polar surface area (TPSA) is 53.4 Å². The fourth-order valence-electron chi connectivity index (χ4n) is 1.81. The van der Waals surface area contributed by atoms with Crippen LogP contribution in [0.1, 0.15) is 0 Å². The highest BCUT2D eigenvalue weighted by Crippen LogP contribution is 2.29. The molecule has 1 aromatic heterocycles. The summed E-state index contributed by atoms with van der Waals surface area (Å²) < 4.78 is 0.958. The van der Waals surface area contributed by atoms with Gasteiger partial charge >= 0.3 is 7.12 Å². The van der Waals surface area contributed by atoms with E-state index in [1.54, 1.807) is 23.5 Å². The van der Waals surface area contributed by atoms with Crippen LogP contribution in [0.2, 0.25) is 0 Å². The van der Waals surface area contributed by atoms with Gasteiger partial charge in [0.1, 0.15) is 5.01 Å². The summed E-state index contributed by atoms with van der Waals surface area (Å²) in [6.07, 6.45) is 0. The molecule has 3 aromatic rings. The van der Waals surface area contributed by atoms with Gasteiger partial charge in [-0.1, -0.05) is 36.4 Å². The zero-order valence-corrected chi connectivity index (χ0v) is 10.3. The number of hydrogen-bond acceptors (Lipinski definition) is 4. The van der Waals surface area contributed by atoms with Gasteiger partial charge < -0.3 is 10.0 Å². The molecule has 0 bridgehead atoms. The van der Waals surface area contributed by atoms with Crippen molar-refractivity contribution in [2.45, 2.75) is 0 Å². The number of fused-ring (bicyclic) bond motifs is 1. The second-order valence-electron chi connectivity index (χ2n) is 3.99. The Morgan fingerprint density at radius 1 is 1.00 bits per heavy atom. The minimum Gasteiger partial charge on any atom is -0.423 e. The van der Waals surface area contributed by atoms with Gasteiger partial charge in [-0.05, 0) is 17.6 Å². The van der Waals surface area contributed by atoms with Crippen molar-refractivity contribution in [1.29, 1.82) is 0 Å². The number of hydrogen-bond donors (Lipinski definition) is 2. The van der Waals surface area contributed by atoms with E-state index in [2.05, 4.69) is 4.98 Å². The molecule has 0 amide bonds. The Hall–Kier alpha value is -1.69. The molecule has 0 saturated carbocycles. The fourth-order valence-corrected chi connectivity index (χ4v) is 2.83. The first-order valence-corrected chi connectivity index (χ1v) is 6.38. The van der Waals surface area contributed by atoms with Gasteiger partial charge in [0.15, 0.2) is 0 Å². The second-order valence-corrected chi connectivity index (χ2v) is 5.02. The van der Waals surface area contributed by atoms with Crippen LogP contribution in [0.25, 0.3) is 20.8 Å². The maximum Gasteiger partial charge on any atom is 0.488 e. The van der Waals surface area contributed by atoms with Crippen LogP contribution in [0.15, 0.2) is 48.5 Å². The first-order valence-electron chi connectivity index (χ1n) is 5.56. The normalized spacial score (nSPS) is 10.8. The summed E-state index contributed by atoms with van der Waals surface area (Å²) >= 11 is 1.55. The van der Waals surface area contributed by atoms with Crippen LogP contribution in [-0.2, 0) is 0 Å². The Kier molecular flexibility index (Phi) is 2.87. The first kappa shape index (κ1) is 11.4. The van der Waals surface area contributed by atoms with Crippen molar-refractivity contribution < 1.29 is 10.0 Å². The molecule has 3 nitrogen and oxygen atoms in total. The Morgan fingerprint density at radius 3 is 2.50 bits per heavy atom. The van der Waals surface area contributed by atoms with Crippen LogP contribution >= 0.6 is 11.3 Å². The zero-order valence-electron chi connectivity index (χ0n) is 9.45. The van der Waals surface area contributed by atoms with Crippen LogP contribution in [0.4, 0.5) is 0 Å². The van der Waals surface area contributed by atoms with Crippen LogP contribution in [0.3, 0.4) is 0 Å². The first-order chi connectivity index (χ1) is 8.74. The lowest BCUT2D eigenvalue weighted by molar-refractivity contribution is 0.426. The Labute approximate surface area is 109 Å². The second kappa shape index (κ2) is 4.53. The average Bonchev–Trinajstić information content (AvgIpc) is 2.82. The molecule has 0 atom stereocenters. The van der Waals surface area contributed by atoms with Crippen molar-refractivity contribution in [2.75, 3.05) is 0 Å². The molecule has 0 aliphatic rings. The summed E-state index contributed by atoms with van der Waals surface area (Å²) in [6.45, 7) is 0. The predicted octanol–water partition coefficient (Wildman–Crippen LogP) is 1.64. The van der Waals surface area contributed by atoms with Crippen molar-refractivity contribution >= 4 is 34.1 Å². The minimum absolute atomic E-state index is 0.491. The molecule has 0 aliphatic carbocycles. The van der Waals surface area contributed by atoms with E-state index in [1.807, 2.05) is 36.4 Å². The number of benzene rings is 2. The minimum atomic E-state index is -1.43. The lowest BCUT2D eigenvalue weighted by Crippen LogP contribution is -2.29. The van der Waals surface area contributed by atoms with E-state index in [4.69, 9.17) is 10.0 Å². The van der Waals surface area contributed by atoms with Crippen molar-refractivity contribution in [3.8, 4) is 10.6 Å².